The average molecular weight is 400 g/mol. The van der Waals surface area contributed by atoms with Crippen LogP contribution in [0.2, 0.25) is 0 Å². The lowest BCUT2D eigenvalue weighted by Crippen LogP contribution is -2.38. The molecule has 1 fully saturated rings. The second-order valence-electron chi connectivity index (χ2n) is 6.01. The molecule has 0 spiro atoms. The fraction of sp³-hybridized carbons (Fsp3) is 0.429. The molecule has 1 saturated heterocycles. The number of nitrogens with one attached hydrogen (secondary N) is 1. The molecule has 2 heterocycles. The van der Waals surface area contributed by atoms with Crippen LogP contribution in [0.4, 0.5) is 11.4 Å². The number of fused-ring (bicyclic) bond motifs is 1. The van der Waals surface area contributed by atoms with Crippen LogP contribution in [-0.4, -0.2) is 56.7 Å². The van der Waals surface area contributed by atoms with E-state index in [4.69, 9.17) is 14.5 Å². The molecule has 13 heteroatoms. The van der Waals surface area contributed by atoms with Gasteiger partial charge in [0.1, 0.15) is 5.69 Å². The highest BCUT2D eigenvalue weighted by Gasteiger charge is 2.24. The fourth-order valence-electron chi connectivity index (χ4n) is 2.95. The Morgan fingerprint density at radius 2 is 1.93 bits per heavy atom. The number of nitro benzene ring substituents is 1. The van der Waals surface area contributed by atoms with Gasteiger partial charge in [-0.2, -0.15) is 0 Å². The smallest absolute Gasteiger partial charge is 0.327 e. The minimum absolute atomic E-state index is 0.0361. The molecule has 0 saturated carbocycles. The molecule has 2 aromatic rings. The predicted molar refractivity (Wildman–Crippen MR) is 95.4 cm³/mol. The van der Waals surface area contributed by atoms with Gasteiger partial charge in [-0.15, -0.1) is 0 Å². The van der Waals surface area contributed by atoms with Crippen LogP contribution in [0.5, 0.6) is 0 Å². The second kappa shape index (κ2) is 7.24. The molecule has 0 atom stereocenters. The third-order valence-electron chi connectivity index (χ3n) is 4.23. The maximum Gasteiger partial charge on any atom is 0.327 e. The molecule has 0 aliphatic carbocycles. The topological polar surface area (TPSA) is 168 Å². The first-order chi connectivity index (χ1) is 12.7. The Labute approximate surface area is 151 Å². The zero-order valence-corrected chi connectivity index (χ0v) is 14.9. The molecule has 0 unspecified atom stereocenters. The number of H-pyrrole nitrogens is 1. The highest BCUT2D eigenvalue weighted by molar-refractivity contribution is 7.51. The molecular formula is C14H17N4O8P. The molecule has 27 heavy (non-hydrogen) atoms. The number of morpholine rings is 1. The Balaban J connectivity index is 2.23. The van der Waals surface area contributed by atoms with Crippen LogP contribution < -0.4 is 16.0 Å². The van der Waals surface area contributed by atoms with E-state index in [1.165, 1.54) is 6.07 Å². The van der Waals surface area contributed by atoms with Crippen LogP contribution in [0.1, 0.15) is 0 Å². The zero-order valence-electron chi connectivity index (χ0n) is 14.0. The van der Waals surface area contributed by atoms with Crippen molar-refractivity contribution in [2.45, 2.75) is 6.54 Å². The minimum Gasteiger partial charge on any atom is -0.378 e. The lowest BCUT2D eigenvalue weighted by Gasteiger charge is -2.28. The molecule has 12 nitrogen and oxygen atoms in total. The number of anilines is 1. The van der Waals surface area contributed by atoms with Crippen molar-refractivity contribution in [2.75, 3.05) is 37.4 Å². The number of aromatic nitrogens is 2. The molecule has 1 aromatic heterocycles. The summed E-state index contributed by atoms with van der Waals surface area (Å²) in [5, 5.41) is 11.5. The van der Waals surface area contributed by atoms with Crippen LogP contribution in [-0.2, 0) is 15.8 Å². The van der Waals surface area contributed by atoms with Gasteiger partial charge in [0.15, 0.2) is 0 Å². The van der Waals surface area contributed by atoms with Crippen molar-refractivity contribution in [2.24, 2.45) is 0 Å². The molecule has 0 amide bonds. The molecule has 0 radical (unpaired) electrons. The van der Waals surface area contributed by atoms with Crippen molar-refractivity contribution in [3.05, 3.63) is 43.0 Å². The number of hydrogen-bond donors (Lipinski definition) is 3. The van der Waals surface area contributed by atoms with Crippen LogP contribution in [0.3, 0.4) is 0 Å². The number of aryl methyl sites for hydroxylation is 1. The van der Waals surface area contributed by atoms with Crippen LogP contribution in [0.25, 0.3) is 11.0 Å². The fourth-order valence-corrected chi connectivity index (χ4v) is 3.41. The van der Waals surface area contributed by atoms with Gasteiger partial charge in [0, 0.05) is 25.7 Å². The predicted octanol–water partition coefficient (Wildman–Crippen LogP) is -0.388. The molecule has 3 N–H and O–H groups in total. The Bertz CT molecular complexity index is 1050. The highest BCUT2D eigenvalue weighted by atomic mass is 31.2. The van der Waals surface area contributed by atoms with E-state index in [2.05, 4.69) is 4.98 Å². The first-order valence-electron chi connectivity index (χ1n) is 8.00. The highest BCUT2D eigenvalue weighted by Crippen LogP contribution is 2.35. The number of nitro groups is 1. The molecular weight excluding hydrogens is 383 g/mol. The quantitative estimate of drug-likeness (QED) is 0.262. The van der Waals surface area contributed by atoms with Crippen molar-refractivity contribution < 1.29 is 24.0 Å². The van der Waals surface area contributed by atoms with Crippen molar-refractivity contribution in [1.29, 1.82) is 0 Å². The summed E-state index contributed by atoms with van der Waals surface area (Å²) in [5.41, 5.74) is -1.83. The second-order valence-corrected chi connectivity index (χ2v) is 7.79. The van der Waals surface area contributed by atoms with Gasteiger partial charge in [-0.3, -0.25) is 24.3 Å². The number of nitrogens with zero attached hydrogens (tertiary/aromatic N) is 3. The Morgan fingerprint density at radius 3 is 2.52 bits per heavy atom. The normalized spacial score (nSPS) is 15.3. The Hall–Kier alpha value is -2.53. The van der Waals surface area contributed by atoms with E-state index < -0.39 is 36.3 Å². The van der Waals surface area contributed by atoms with Crippen molar-refractivity contribution >= 4 is 30.0 Å². The van der Waals surface area contributed by atoms with Gasteiger partial charge in [-0.05, 0) is 6.07 Å². The van der Waals surface area contributed by atoms with Gasteiger partial charge in [0.25, 0.3) is 5.69 Å². The summed E-state index contributed by atoms with van der Waals surface area (Å²) in [5.74, 6) is 0. The first kappa shape index (κ1) is 19.2. The van der Waals surface area contributed by atoms with Crippen molar-refractivity contribution in [3.8, 4) is 0 Å². The number of ether oxygens (including phenoxy) is 1. The van der Waals surface area contributed by atoms with Gasteiger partial charge in [0.2, 0.25) is 0 Å². The SMILES string of the molecule is O=c1[nH]c2cc([N+](=O)[O-])c(N3CCOCC3)cc2n(CCP(=O)(O)O)c1=O. The number of aromatic amines is 1. The largest absolute Gasteiger partial charge is 0.378 e. The van der Waals surface area contributed by atoms with Crippen molar-refractivity contribution in [1.82, 2.24) is 9.55 Å². The number of rotatable bonds is 5. The molecule has 3 rings (SSSR count). The summed E-state index contributed by atoms with van der Waals surface area (Å²) in [4.78, 5) is 57.2. The van der Waals surface area contributed by atoms with Gasteiger partial charge in [-0.25, -0.2) is 0 Å². The average Bonchev–Trinajstić information content (AvgIpc) is 2.61. The van der Waals surface area contributed by atoms with Crippen molar-refractivity contribution in [3.63, 3.8) is 0 Å². The maximum absolute atomic E-state index is 12.2. The van der Waals surface area contributed by atoms with Gasteiger partial charge in [-0.1, -0.05) is 0 Å². The summed E-state index contributed by atoms with van der Waals surface area (Å²) in [6.45, 7) is 1.17. The molecule has 0 bridgehead atoms. The molecule has 146 valence electrons. The van der Waals surface area contributed by atoms with Gasteiger partial charge in [0.05, 0.1) is 35.3 Å². The third-order valence-corrected chi connectivity index (χ3v) is 5.02. The Kier molecular flexibility index (Phi) is 5.16. The van der Waals surface area contributed by atoms with E-state index in [0.29, 0.717) is 26.3 Å². The Morgan fingerprint density at radius 1 is 1.26 bits per heavy atom. The lowest BCUT2D eigenvalue weighted by atomic mass is 10.2. The van der Waals surface area contributed by atoms with Crippen LogP contribution in [0.15, 0.2) is 21.7 Å². The number of hydrogen-bond acceptors (Lipinski definition) is 7. The molecule has 1 aliphatic heterocycles. The molecule has 1 aromatic carbocycles. The summed E-state index contributed by atoms with van der Waals surface area (Å²) in [6.07, 6.45) is -0.644. The maximum atomic E-state index is 12.2. The van der Waals surface area contributed by atoms with Crippen LogP contribution in [0, 0.1) is 10.1 Å². The summed E-state index contributed by atoms with van der Waals surface area (Å²) < 4.78 is 17.4. The van der Waals surface area contributed by atoms with Gasteiger partial charge < -0.3 is 29.0 Å². The number of benzene rings is 1. The van der Waals surface area contributed by atoms with Crippen LogP contribution >= 0.6 is 7.60 Å². The first-order valence-corrected chi connectivity index (χ1v) is 9.79. The van der Waals surface area contributed by atoms with E-state index in [1.54, 1.807) is 4.90 Å². The zero-order chi connectivity index (χ0) is 19.8. The van der Waals surface area contributed by atoms with Gasteiger partial charge >= 0.3 is 18.7 Å². The van der Waals surface area contributed by atoms with E-state index in [1.807, 2.05) is 0 Å². The molecule has 1 aliphatic rings. The summed E-state index contributed by atoms with van der Waals surface area (Å²) in [7, 11) is -4.41. The standard InChI is InChI=1S/C14H17N4O8P/c19-13-14(20)17(3-6-27(23,24)25)10-8-11(16-1-4-26-5-2-16)12(18(21)22)7-9(10)15-13/h7-8H,1-6H2,(H,15,19)(H2,23,24,25). The summed E-state index contributed by atoms with van der Waals surface area (Å²) >= 11 is 0. The van der Waals surface area contributed by atoms with E-state index in [9.17, 15) is 24.3 Å². The third kappa shape index (κ3) is 4.08. The summed E-state index contributed by atoms with van der Waals surface area (Å²) in [6, 6.07) is 2.53. The van der Waals surface area contributed by atoms with E-state index in [-0.39, 0.29) is 22.4 Å². The van der Waals surface area contributed by atoms with E-state index >= 15 is 0 Å². The monoisotopic (exact) mass is 400 g/mol. The minimum atomic E-state index is -4.41. The lowest BCUT2D eigenvalue weighted by molar-refractivity contribution is -0.384. The van der Waals surface area contributed by atoms with E-state index in [0.717, 1.165) is 10.6 Å².